The highest BCUT2D eigenvalue weighted by atomic mass is 16.5. The number of hydrogen-bond acceptors (Lipinski definition) is 4. The number of likely N-dealkylation sites (N-methyl/N-ethyl adjacent to an activating group) is 1. The van der Waals surface area contributed by atoms with Gasteiger partial charge in [-0.2, -0.15) is 0 Å². The number of fused-ring (bicyclic) bond motifs is 1. The van der Waals surface area contributed by atoms with Crippen molar-refractivity contribution in [1.29, 1.82) is 0 Å². The van der Waals surface area contributed by atoms with Crippen LogP contribution in [0.1, 0.15) is 11.3 Å². The van der Waals surface area contributed by atoms with Gasteiger partial charge in [-0.15, -0.1) is 0 Å². The fourth-order valence-corrected chi connectivity index (χ4v) is 3.48. The van der Waals surface area contributed by atoms with Crippen LogP contribution >= 0.6 is 0 Å². The summed E-state index contributed by atoms with van der Waals surface area (Å²) in [5.41, 5.74) is 1.83. The van der Waals surface area contributed by atoms with E-state index in [4.69, 9.17) is 4.74 Å². The largest absolute Gasteiger partial charge is 0.466 e. The fraction of sp³-hybridized carbons (Fsp3) is 0.182. The number of benzene rings is 2. The van der Waals surface area contributed by atoms with Gasteiger partial charge in [0, 0.05) is 38.6 Å². The first-order chi connectivity index (χ1) is 13.0. The Morgan fingerprint density at radius 3 is 2.44 bits per heavy atom. The minimum atomic E-state index is -1.32. The highest BCUT2D eigenvalue weighted by Crippen LogP contribution is 2.46. The molecule has 0 N–H and O–H groups in total. The predicted octanol–water partition coefficient (Wildman–Crippen LogP) is 3.45. The van der Waals surface area contributed by atoms with E-state index in [-0.39, 0.29) is 5.91 Å². The van der Waals surface area contributed by atoms with Gasteiger partial charge in [-0.05, 0) is 30.3 Å². The lowest BCUT2D eigenvalue weighted by Gasteiger charge is -2.29. The van der Waals surface area contributed by atoms with E-state index in [0.29, 0.717) is 11.4 Å². The molecule has 136 valence electrons. The number of carbonyl (C=O) groups is 1. The van der Waals surface area contributed by atoms with Crippen molar-refractivity contribution in [2.75, 3.05) is 30.9 Å². The molecule has 2 aromatic carbocycles. The van der Waals surface area contributed by atoms with E-state index >= 15 is 0 Å². The molecule has 27 heavy (non-hydrogen) atoms. The van der Waals surface area contributed by atoms with Gasteiger partial charge in [-0.1, -0.05) is 36.4 Å². The smallest absolute Gasteiger partial charge is 0.282 e. The van der Waals surface area contributed by atoms with Crippen LogP contribution in [-0.4, -0.2) is 32.0 Å². The zero-order chi connectivity index (χ0) is 19.0. The van der Waals surface area contributed by atoms with Crippen molar-refractivity contribution in [2.45, 2.75) is 5.60 Å². The molecule has 5 nitrogen and oxygen atoms in total. The van der Waals surface area contributed by atoms with Crippen molar-refractivity contribution in [3.63, 3.8) is 0 Å². The Morgan fingerprint density at radius 2 is 1.70 bits per heavy atom. The van der Waals surface area contributed by atoms with Crippen molar-refractivity contribution in [3.8, 4) is 5.75 Å². The Bertz CT molecular complexity index is 988. The monoisotopic (exact) mass is 359 g/mol. The summed E-state index contributed by atoms with van der Waals surface area (Å²) in [6.45, 7) is 0. The van der Waals surface area contributed by atoms with Gasteiger partial charge in [0.2, 0.25) is 0 Å². The van der Waals surface area contributed by atoms with Crippen LogP contribution in [0.15, 0.2) is 72.9 Å². The van der Waals surface area contributed by atoms with Crippen molar-refractivity contribution in [1.82, 2.24) is 4.98 Å². The number of amides is 1. The molecule has 4 rings (SSSR count). The van der Waals surface area contributed by atoms with Crippen LogP contribution in [0, 0.1) is 0 Å². The number of hydrogen-bond donors (Lipinski definition) is 0. The Balaban J connectivity index is 1.97. The molecular formula is C22H21N3O2. The van der Waals surface area contributed by atoms with Crippen molar-refractivity contribution in [2.24, 2.45) is 0 Å². The van der Waals surface area contributed by atoms with Gasteiger partial charge >= 0.3 is 0 Å². The molecule has 0 bridgehead atoms. The first-order valence-electron chi connectivity index (χ1n) is 8.79. The van der Waals surface area contributed by atoms with Gasteiger partial charge in [0.1, 0.15) is 11.4 Å². The van der Waals surface area contributed by atoms with Crippen LogP contribution in [0.4, 0.5) is 11.4 Å². The molecule has 2 heterocycles. The number of ether oxygens (including phenoxy) is 1. The standard InChI is InChI=1S/C22H21N3O2/c1-24(2)16-13-14-23-20(15-16)22(27-17-9-5-4-6-10-17)18-11-7-8-12-19(18)25(3)21(22)26/h4-15H,1-3H3/t22-/m1/s1. The lowest BCUT2D eigenvalue weighted by molar-refractivity contribution is -0.130. The third kappa shape index (κ3) is 2.63. The van der Waals surface area contributed by atoms with Gasteiger partial charge in [-0.3, -0.25) is 9.78 Å². The number of nitrogens with zero attached hydrogens (tertiary/aromatic N) is 3. The van der Waals surface area contributed by atoms with Crippen LogP contribution in [0.5, 0.6) is 5.75 Å². The van der Waals surface area contributed by atoms with Gasteiger partial charge in [0.15, 0.2) is 0 Å². The summed E-state index contributed by atoms with van der Waals surface area (Å²) in [6, 6.07) is 20.9. The first-order valence-corrected chi connectivity index (χ1v) is 8.79. The van der Waals surface area contributed by atoms with Crippen molar-refractivity contribution < 1.29 is 9.53 Å². The Hall–Kier alpha value is -3.34. The van der Waals surface area contributed by atoms with E-state index < -0.39 is 5.60 Å². The van der Waals surface area contributed by atoms with Crippen molar-refractivity contribution in [3.05, 3.63) is 84.2 Å². The average molecular weight is 359 g/mol. The lowest BCUT2D eigenvalue weighted by atomic mass is 9.90. The summed E-state index contributed by atoms with van der Waals surface area (Å²) >= 11 is 0. The summed E-state index contributed by atoms with van der Waals surface area (Å²) in [5, 5.41) is 0. The first kappa shape index (κ1) is 17.1. The Labute approximate surface area is 158 Å². The number of anilines is 2. The third-order valence-corrected chi connectivity index (χ3v) is 4.89. The van der Waals surface area contributed by atoms with Crippen LogP contribution in [0.3, 0.4) is 0 Å². The van der Waals surface area contributed by atoms with Crippen LogP contribution in [-0.2, 0) is 10.4 Å². The third-order valence-electron chi connectivity index (χ3n) is 4.89. The van der Waals surface area contributed by atoms with E-state index in [1.54, 1.807) is 18.1 Å². The molecule has 0 aliphatic carbocycles. The minimum absolute atomic E-state index is 0.157. The summed E-state index contributed by atoms with van der Waals surface area (Å²) in [4.78, 5) is 21.7. The summed E-state index contributed by atoms with van der Waals surface area (Å²) in [7, 11) is 5.69. The van der Waals surface area contributed by atoms with Gasteiger partial charge in [0.05, 0.1) is 5.69 Å². The van der Waals surface area contributed by atoms with Crippen LogP contribution in [0.2, 0.25) is 0 Å². The molecule has 0 unspecified atom stereocenters. The number of pyridine rings is 1. The molecule has 0 spiro atoms. The van der Waals surface area contributed by atoms with Crippen LogP contribution in [0.25, 0.3) is 0 Å². The molecular weight excluding hydrogens is 338 g/mol. The molecule has 1 aliphatic heterocycles. The SMILES string of the molecule is CN(C)c1ccnc([C@@]2(Oc3ccccc3)C(=O)N(C)c3ccccc32)c1. The number of para-hydroxylation sites is 2. The predicted molar refractivity (Wildman–Crippen MR) is 106 cm³/mol. The molecule has 0 radical (unpaired) electrons. The van der Waals surface area contributed by atoms with Gasteiger partial charge in [-0.25, -0.2) is 0 Å². The molecule has 0 saturated carbocycles. The highest BCUT2D eigenvalue weighted by Gasteiger charge is 2.55. The maximum absolute atomic E-state index is 13.5. The van der Waals surface area contributed by atoms with E-state index in [1.807, 2.05) is 85.7 Å². The minimum Gasteiger partial charge on any atom is -0.466 e. The molecule has 1 aliphatic rings. The highest BCUT2D eigenvalue weighted by molar-refractivity contribution is 6.09. The quantitative estimate of drug-likeness (QED) is 0.716. The van der Waals surface area contributed by atoms with E-state index in [2.05, 4.69) is 4.98 Å². The summed E-state index contributed by atoms with van der Waals surface area (Å²) in [6.07, 6.45) is 1.72. The summed E-state index contributed by atoms with van der Waals surface area (Å²) in [5.74, 6) is 0.462. The normalized spacial score (nSPS) is 18.3. The molecule has 0 saturated heterocycles. The van der Waals surface area contributed by atoms with Gasteiger partial charge < -0.3 is 14.5 Å². The van der Waals surface area contributed by atoms with E-state index in [1.165, 1.54) is 0 Å². The molecule has 3 aromatic rings. The molecule has 1 aromatic heterocycles. The Morgan fingerprint density at radius 1 is 1.00 bits per heavy atom. The fourth-order valence-electron chi connectivity index (χ4n) is 3.48. The number of carbonyl (C=O) groups excluding carboxylic acids is 1. The molecule has 1 atom stereocenters. The molecule has 1 amide bonds. The molecule has 5 heteroatoms. The lowest BCUT2D eigenvalue weighted by Crippen LogP contribution is -2.45. The molecule has 0 fully saturated rings. The van der Waals surface area contributed by atoms with E-state index in [0.717, 1.165) is 16.9 Å². The summed E-state index contributed by atoms with van der Waals surface area (Å²) < 4.78 is 6.42. The number of aromatic nitrogens is 1. The topological polar surface area (TPSA) is 45.7 Å². The Kier molecular flexibility index (Phi) is 4.07. The second kappa shape index (κ2) is 6.43. The maximum atomic E-state index is 13.5. The van der Waals surface area contributed by atoms with Crippen molar-refractivity contribution >= 4 is 17.3 Å². The second-order valence-corrected chi connectivity index (χ2v) is 6.77. The second-order valence-electron chi connectivity index (χ2n) is 6.77. The average Bonchev–Trinajstić information content (AvgIpc) is 2.92. The maximum Gasteiger partial charge on any atom is 0.282 e. The number of rotatable bonds is 4. The zero-order valence-corrected chi connectivity index (χ0v) is 15.6. The van der Waals surface area contributed by atoms with Crippen LogP contribution < -0.4 is 14.5 Å². The zero-order valence-electron chi connectivity index (χ0n) is 15.6. The van der Waals surface area contributed by atoms with Gasteiger partial charge in [0.25, 0.3) is 11.5 Å². The van der Waals surface area contributed by atoms with E-state index in [9.17, 15) is 4.79 Å².